The van der Waals surface area contributed by atoms with Gasteiger partial charge in [0.05, 0.1) is 18.8 Å². The van der Waals surface area contributed by atoms with E-state index in [0.717, 1.165) is 25.0 Å². The lowest BCUT2D eigenvalue weighted by molar-refractivity contribution is -0.142. The van der Waals surface area contributed by atoms with E-state index in [1.165, 1.54) is 6.33 Å². The molecule has 0 aliphatic carbocycles. The fourth-order valence-electron chi connectivity index (χ4n) is 3.56. The molecule has 8 heteroatoms. The smallest absolute Gasteiger partial charge is 0.338 e. The molecule has 8 nitrogen and oxygen atoms in total. The summed E-state index contributed by atoms with van der Waals surface area (Å²) in [7, 11) is 1.61. The van der Waals surface area contributed by atoms with Crippen molar-refractivity contribution in [1.29, 1.82) is 0 Å². The fourth-order valence-corrected chi connectivity index (χ4v) is 3.56. The van der Waals surface area contributed by atoms with Gasteiger partial charge in [-0.3, -0.25) is 0 Å². The number of benzene rings is 1. The highest BCUT2D eigenvalue weighted by atomic mass is 16.6. The molecule has 27 heavy (non-hydrogen) atoms. The Kier molecular flexibility index (Phi) is 4.81. The van der Waals surface area contributed by atoms with Crippen LogP contribution < -0.4 is 10.1 Å². The van der Waals surface area contributed by atoms with E-state index in [0.29, 0.717) is 23.0 Å². The Morgan fingerprint density at radius 2 is 2.26 bits per heavy atom. The molecule has 0 spiro atoms. The molecule has 2 atom stereocenters. The van der Waals surface area contributed by atoms with Crippen molar-refractivity contribution in [1.82, 2.24) is 14.8 Å². The average molecular weight is 370 g/mol. The molecule has 0 bridgehead atoms. The number of para-hydroxylation sites is 1. The SMILES string of the molecule is COc1ccccc1[C@@H]1C(C(=O)OC[C@@H]2CCCO2)=C(C)Nc2ncnn21. The highest BCUT2D eigenvalue weighted by Crippen LogP contribution is 2.39. The minimum absolute atomic E-state index is 0.0296. The van der Waals surface area contributed by atoms with Crippen LogP contribution in [0.2, 0.25) is 0 Å². The highest BCUT2D eigenvalue weighted by molar-refractivity contribution is 5.92. The van der Waals surface area contributed by atoms with E-state index < -0.39 is 12.0 Å². The Balaban J connectivity index is 1.69. The summed E-state index contributed by atoms with van der Waals surface area (Å²) in [6.45, 7) is 2.80. The number of nitrogens with one attached hydrogen (secondary N) is 1. The first-order valence-corrected chi connectivity index (χ1v) is 8.98. The third-order valence-electron chi connectivity index (χ3n) is 4.87. The summed E-state index contributed by atoms with van der Waals surface area (Å²) in [6, 6.07) is 7.08. The van der Waals surface area contributed by atoms with Crippen LogP contribution in [-0.2, 0) is 14.3 Å². The molecule has 1 aromatic carbocycles. The Labute approximate surface area is 157 Å². The largest absolute Gasteiger partial charge is 0.496 e. The zero-order valence-electron chi connectivity index (χ0n) is 15.3. The third kappa shape index (κ3) is 3.28. The molecule has 1 aromatic heterocycles. The number of ether oxygens (including phenoxy) is 3. The summed E-state index contributed by atoms with van der Waals surface area (Å²) in [6.07, 6.45) is 3.33. The standard InChI is InChI=1S/C19H22N4O4/c1-12-16(18(24)27-10-13-6-5-9-26-13)17(23-19(22-12)20-11-21-23)14-7-3-4-8-15(14)25-2/h3-4,7-8,11,13,17H,5-6,9-10H2,1-2H3,(H,20,21,22)/t13-,17+/m0/s1. The Morgan fingerprint density at radius 1 is 1.41 bits per heavy atom. The second kappa shape index (κ2) is 7.40. The second-order valence-corrected chi connectivity index (χ2v) is 6.57. The molecule has 2 aliphatic heterocycles. The van der Waals surface area contributed by atoms with Gasteiger partial charge in [0.25, 0.3) is 0 Å². The summed E-state index contributed by atoms with van der Waals surface area (Å²) in [5.41, 5.74) is 1.98. The maximum atomic E-state index is 13.0. The van der Waals surface area contributed by atoms with E-state index in [2.05, 4.69) is 15.4 Å². The van der Waals surface area contributed by atoms with E-state index in [9.17, 15) is 4.79 Å². The number of aromatic nitrogens is 3. The predicted octanol–water partition coefficient (Wildman–Crippen LogP) is 2.30. The molecule has 0 unspecified atom stereocenters. The molecule has 0 radical (unpaired) electrons. The Morgan fingerprint density at radius 3 is 3.04 bits per heavy atom. The topological polar surface area (TPSA) is 87.5 Å². The fraction of sp³-hybridized carbons (Fsp3) is 0.421. The van der Waals surface area contributed by atoms with Crippen LogP contribution in [0.1, 0.15) is 31.4 Å². The van der Waals surface area contributed by atoms with Gasteiger partial charge in [-0.1, -0.05) is 18.2 Å². The molecule has 1 fully saturated rings. The van der Waals surface area contributed by atoms with Gasteiger partial charge in [0.2, 0.25) is 5.95 Å². The van der Waals surface area contributed by atoms with Crippen LogP contribution in [0.3, 0.4) is 0 Å². The predicted molar refractivity (Wildman–Crippen MR) is 97.4 cm³/mol. The van der Waals surface area contributed by atoms with Gasteiger partial charge in [0, 0.05) is 17.9 Å². The van der Waals surface area contributed by atoms with Crippen LogP contribution in [0.5, 0.6) is 5.75 Å². The summed E-state index contributed by atoms with van der Waals surface area (Å²) in [4.78, 5) is 17.2. The lowest BCUT2D eigenvalue weighted by Gasteiger charge is -2.29. The monoisotopic (exact) mass is 370 g/mol. The van der Waals surface area contributed by atoms with Crippen LogP contribution in [-0.4, -0.2) is 47.2 Å². The van der Waals surface area contributed by atoms with E-state index in [1.54, 1.807) is 11.8 Å². The molecule has 1 saturated heterocycles. The van der Waals surface area contributed by atoms with Crippen molar-refractivity contribution < 1.29 is 19.0 Å². The van der Waals surface area contributed by atoms with Crippen molar-refractivity contribution in [3.8, 4) is 5.75 Å². The second-order valence-electron chi connectivity index (χ2n) is 6.57. The first-order valence-electron chi connectivity index (χ1n) is 8.98. The molecule has 3 heterocycles. The number of carbonyl (C=O) groups is 1. The quantitative estimate of drug-likeness (QED) is 0.808. The van der Waals surface area contributed by atoms with Crippen molar-refractivity contribution in [2.75, 3.05) is 25.6 Å². The number of carbonyl (C=O) groups excluding carboxylic acids is 1. The molecular formula is C19H22N4O4. The van der Waals surface area contributed by atoms with Gasteiger partial charge >= 0.3 is 5.97 Å². The Hall–Kier alpha value is -2.87. The van der Waals surface area contributed by atoms with Crippen molar-refractivity contribution in [2.45, 2.75) is 31.9 Å². The zero-order valence-corrected chi connectivity index (χ0v) is 15.3. The number of methoxy groups -OCH3 is 1. The van der Waals surface area contributed by atoms with Crippen molar-refractivity contribution in [3.05, 3.63) is 47.4 Å². The molecule has 1 N–H and O–H groups in total. The van der Waals surface area contributed by atoms with Crippen molar-refractivity contribution in [2.24, 2.45) is 0 Å². The lowest BCUT2D eigenvalue weighted by atomic mass is 9.95. The number of hydrogen-bond acceptors (Lipinski definition) is 7. The number of nitrogens with zero attached hydrogens (tertiary/aromatic N) is 3. The van der Waals surface area contributed by atoms with E-state index in [4.69, 9.17) is 14.2 Å². The number of anilines is 1. The van der Waals surface area contributed by atoms with Gasteiger partial charge in [-0.2, -0.15) is 10.1 Å². The molecular weight excluding hydrogens is 348 g/mol. The maximum Gasteiger partial charge on any atom is 0.338 e. The third-order valence-corrected chi connectivity index (χ3v) is 4.87. The molecule has 2 aliphatic rings. The number of rotatable bonds is 5. The summed E-state index contributed by atoms with van der Waals surface area (Å²) >= 11 is 0. The summed E-state index contributed by atoms with van der Waals surface area (Å²) < 4.78 is 18.3. The van der Waals surface area contributed by atoms with E-state index >= 15 is 0 Å². The first kappa shape index (κ1) is 17.5. The first-order chi connectivity index (χ1) is 13.2. The van der Waals surface area contributed by atoms with Gasteiger partial charge in [-0.05, 0) is 25.8 Å². The number of allylic oxidation sites excluding steroid dienone is 1. The van der Waals surface area contributed by atoms with Gasteiger partial charge in [-0.25, -0.2) is 9.48 Å². The number of fused-ring (bicyclic) bond motifs is 1. The van der Waals surface area contributed by atoms with E-state index in [-0.39, 0.29) is 12.7 Å². The molecule has 0 saturated carbocycles. The van der Waals surface area contributed by atoms with E-state index in [1.807, 2.05) is 31.2 Å². The van der Waals surface area contributed by atoms with Crippen molar-refractivity contribution in [3.63, 3.8) is 0 Å². The van der Waals surface area contributed by atoms with Crippen LogP contribution in [0, 0.1) is 0 Å². The highest BCUT2D eigenvalue weighted by Gasteiger charge is 2.36. The van der Waals surface area contributed by atoms with Gasteiger partial charge < -0.3 is 19.5 Å². The minimum atomic E-state index is -0.489. The molecule has 2 aromatic rings. The average Bonchev–Trinajstić information content (AvgIpc) is 3.36. The minimum Gasteiger partial charge on any atom is -0.496 e. The van der Waals surface area contributed by atoms with Gasteiger partial charge in [0.1, 0.15) is 24.7 Å². The summed E-state index contributed by atoms with van der Waals surface area (Å²) in [5, 5.41) is 7.45. The van der Waals surface area contributed by atoms with Crippen molar-refractivity contribution >= 4 is 11.9 Å². The van der Waals surface area contributed by atoms with Crippen LogP contribution in [0.25, 0.3) is 0 Å². The zero-order chi connectivity index (χ0) is 18.8. The van der Waals surface area contributed by atoms with Gasteiger partial charge in [-0.15, -0.1) is 0 Å². The van der Waals surface area contributed by atoms with Crippen LogP contribution >= 0.6 is 0 Å². The van der Waals surface area contributed by atoms with Gasteiger partial charge in [0.15, 0.2) is 0 Å². The normalized spacial score (nSPS) is 21.6. The van der Waals surface area contributed by atoms with Crippen LogP contribution in [0.4, 0.5) is 5.95 Å². The number of esters is 1. The summed E-state index contributed by atoms with van der Waals surface area (Å²) in [5.74, 6) is 0.842. The molecule has 142 valence electrons. The van der Waals surface area contributed by atoms with Crippen LogP contribution in [0.15, 0.2) is 41.9 Å². The lowest BCUT2D eigenvalue weighted by Crippen LogP contribution is -2.31. The maximum absolute atomic E-state index is 13.0. The Bertz CT molecular complexity index is 870. The molecule has 0 amide bonds. The molecule has 4 rings (SSSR count). The number of hydrogen-bond donors (Lipinski definition) is 1.